The van der Waals surface area contributed by atoms with Gasteiger partial charge in [-0.05, 0) is 37.1 Å². The van der Waals surface area contributed by atoms with Crippen molar-refractivity contribution in [2.24, 2.45) is 7.05 Å². The fourth-order valence-corrected chi connectivity index (χ4v) is 5.97. The number of alkyl halides is 4. The summed E-state index contributed by atoms with van der Waals surface area (Å²) in [4.78, 5) is 47.2. The number of amides is 1. The summed E-state index contributed by atoms with van der Waals surface area (Å²) in [6.45, 7) is -3.07. The SMILES string of the molecule is Cn1ncc(C#N)c1NC(=O)Cc1ccc(OC(F)F)c2nc(N3CCC3)oc12.O=C(Cc1ccc(OC(F)F)c2nc(N3CCC3)oc12)Oc1ccc([N+](=O)[O-])cc1. The molecule has 22 heteroatoms. The summed E-state index contributed by atoms with van der Waals surface area (Å²) in [5.41, 5.74) is 1.55. The normalized spacial score (nSPS) is 13.4. The first-order chi connectivity index (χ1) is 28.4. The molecule has 0 unspecified atom stereocenters. The average molecular weight is 822 g/mol. The van der Waals surface area contributed by atoms with Crippen LogP contribution in [0.2, 0.25) is 0 Å². The number of oxazole rings is 2. The van der Waals surface area contributed by atoms with E-state index in [1.807, 2.05) is 15.9 Å². The number of esters is 1. The molecule has 1 amide bonds. The van der Waals surface area contributed by atoms with Crippen molar-refractivity contribution in [2.75, 3.05) is 41.3 Å². The van der Waals surface area contributed by atoms with Crippen molar-refractivity contribution < 1.29 is 55.1 Å². The van der Waals surface area contributed by atoms with E-state index >= 15 is 0 Å². The molecule has 0 aliphatic carbocycles. The molecule has 2 aliphatic heterocycles. The molecule has 2 aliphatic rings. The molecular weight excluding hydrogens is 790 g/mol. The van der Waals surface area contributed by atoms with Crippen LogP contribution in [0, 0.1) is 21.4 Å². The zero-order chi connectivity index (χ0) is 41.8. The number of benzene rings is 3. The molecule has 3 aromatic heterocycles. The number of nitro benzene ring substituents is 1. The van der Waals surface area contributed by atoms with E-state index in [0.717, 1.165) is 39.0 Å². The molecule has 8 rings (SSSR count). The maximum Gasteiger partial charge on any atom is 0.387 e. The fourth-order valence-electron chi connectivity index (χ4n) is 5.97. The Balaban J connectivity index is 0.000000179. The highest BCUT2D eigenvalue weighted by Crippen LogP contribution is 2.36. The number of ether oxygens (including phenoxy) is 3. The van der Waals surface area contributed by atoms with Crippen LogP contribution >= 0.6 is 0 Å². The number of halogens is 4. The van der Waals surface area contributed by atoms with Gasteiger partial charge in [-0.1, -0.05) is 12.1 Å². The van der Waals surface area contributed by atoms with Crippen LogP contribution in [0.1, 0.15) is 29.5 Å². The summed E-state index contributed by atoms with van der Waals surface area (Å²) >= 11 is 0. The van der Waals surface area contributed by atoms with Gasteiger partial charge in [0.1, 0.15) is 23.2 Å². The summed E-state index contributed by atoms with van der Waals surface area (Å²) in [6.07, 6.45) is 2.96. The fraction of sp³-hybridized carbons (Fsp3) is 0.297. The third-order valence-corrected chi connectivity index (χ3v) is 9.12. The number of aromatic nitrogens is 4. The highest BCUT2D eigenvalue weighted by molar-refractivity contribution is 5.96. The molecule has 2 fully saturated rings. The number of anilines is 3. The van der Waals surface area contributed by atoms with Crippen LogP contribution in [0.4, 0.5) is 41.1 Å². The van der Waals surface area contributed by atoms with Gasteiger partial charge in [0, 0.05) is 56.5 Å². The third kappa shape index (κ3) is 8.93. The van der Waals surface area contributed by atoms with E-state index in [-0.39, 0.29) is 75.4 Å². The van der Waals surface area contributed by atoms with Gasteiger partial charge < -0.3 is 38.2 Å². The lowest BCUT2D eigenvalue weighted by Gasteiger charge is -2.28. The summed E-state index contributed by atoms with van der Waals surface area (Å²) < 4.78 is 78.0. The van der Waals surface area contributed by atoms with E-state index in [1.54, 1.807) is 7.05 Å². The average Bonchev–Trinajstić information content (AvgIpc) is 3.87. The first-order valence-corrected chi connectivity index (χ1v) is 17.8. The number of carbonyl (C=O) groups excluding carboxylic acids is 2. The number of nitrogens with one attached hydrogen (secondary N) is 1. The lowest BCUT2D eigenvalue weighted by Crippen LogP contribution is -2.37. The number of hydrogen-bond acceptors (Lipinski definition) is 15. The van der Waals surface area contributed by atoms with Crippen molar-refractivity contribution in [1.29, 1.82) is 5.26 Å². The molecule has 59 heavy (non-hydrogen) atoms. The van der Waals surface area contributed by atoms with Gasteiger partial charge in [-0.25, -0.2) is 0 Å². The van der Waals surface area contributed by atoms with E-state index in [0.29, 0.717) is 17.1 Å². The van der Waals surface area contributed by atoms with Crippen LogP contribution in [0.3, 0.4) is 0 Å². The lowest BCUT2D eigenvalue weighted by molar-refractivity contribution is -0.384. The molecule has 6 aromatic rings. The standard InChI is InChI=1S/C19H15F2N3O6.C18H16F2N6O3/c20-18(21)29-14-7-2-11(17-16(14)22-19(30-17)23-8-1-9-23)10-15(25)28-13-5-3-12(4-6-13)24(26)27;1-25-16(11(8-21)9-22-25)23-13(27)7-10-3-4-12(28-17(19)20)14-15(10)29-18(24-14)26-5-2-6-26/h2-7,18H,1,8-10H2;3-4,9,17H,2,5-7H2,1H3,(H,23,27). The Bertz CT molecular complexity index is 2560. The Kier molecular flexibility index (Phi) is 11.4. The second-order valence-corrected chi connectivity index (χ2v) is 13.0. The van der Waals surface area contributed by atoms with Crippen LogP contribution in [0.5, 0.6) is 17.2 Å². The number of nitro groups is 1. The maximum atomic E-state index is 12.7. The van der Waals surface area contributed by atoms with Gasteiger partial charge in [0.15, 0.2) is 33.7 Å². The Hall–Kier alpha value is -7.44. The Morgan fingerprint density at radius 1 is 0.864 bits per heavy atom. The minimum absolute atomic E-state index is 0.0952. The number of rotatable bonds is 13. The number of fused-ring (bicyclic) bond motifs is 2. The van der Waals surface area contributed by atoms with Gasteiger partial charge in [0.2, 0.25) is 5.91 Å². The van der Waals surface area contributed by atoms with Crippen molar-refractivity contribution in [2.45, 2.75) is 38.9 Å². The van der Waals surface area contributed by atoms with Gasteiger partial charge in [0.05, 0.1) is 24.0 Å². The predicted octanol–water partition coefficient (Wildman–Crippen LogP) is 6.12. The Morgan fingerprint density at radius 2 is 1.39 bits per heavy atom. The highest BCUT2D eigenvalue weighted by Gasteiger charge is 2.27. The van der Waals surface area contributed by atoms with Crippen LogP contribution in [-0.4, -0.2) is 76.0 Å². The topological polar surface area (TPSA) is 217 Å². The molecule has 0 radical (unpaired) electrons. The van der Waals surface area contributed by atoms with Gasteiger partial charge in [-0.3, -0.25) is 24.4 Å². The molecule has 0 saturated carbocycles. The second-order valence-electron chi connectivity index (χ2n) is 13.0. The predicted molar refractivity (Wildman–Crippen MR) is 198 cm³/mol. The zero-order valence-corrected chi connectivity index (χ0v) is 30.8. The molecule has 18 nitrogen and oxygen atoms in total. The summed E-state index contributed by atoms with van der Waals surface area (Å²) in [6, 6.07) is 13.1. The first-order valence-electron chi connectivity index (χ1n) is 17.8. The van der Waals surface area contributed by atoms with Crippen LogP contribution in [-0.2, 0) is 29.5 Å². The van der Waals surface area contributed by atoms with Gasteiger partial charge in [-0.15, -0.1) is 0 Å². The molecule has 5 heterocycles. The second kappa shape index (κ2) is 17.0. The molecule has 3 aromatic carbocycles. The largest absolute Gasteiger partial charge is 0.432 e. The van der Waals surface area contributed by atoms with Gasteiger partial charge in [-0.2, -0.15) is 37.9 Å². The highest BCUT2D eigenvalue weighted by atomic mass is 19.3. The number of aryl methyl sites for hydroxylation is 1. The van der Waals surface area contributed by atoms with Crippen molar-refractivity contribution in [3.8, 4) is 23.3 Å². The first kappa shape index (κ1) is 39.8. The summed E-state index contributed by atoms with van der Waals surface area (Å²) in [5.74, 6) is -0.940. The minimum atomic E-state index is -3.03. The number of nitriles is 1. The van der Waals surface area contributed by atoms with E-state index in [9.17, 15) is 37.3 Å². The number of non-ortho nitro benzene ring substituents is 1. The van der Waals surface area contributed by atoms with E-state index < -0.39 is 30.0 Å². The van der Waals surface area contributed by atoms with Crippen LogP contribution in [0.25, 0.3) is 22.2 Å². The minimum Gasteiger partial charge on any atom is -0.432 e. The van der Waals surface area contributed by atoms with Crippen molar-refractivity contribution in [1.82, 2.24) is 19.7 Å². The van der Waals surface area contributed by atoms with Crippen molar-refractivity contribution >= 4 is 57.6 Å². The van der Waals surface area contributed by atoms with Gasteiger partial charge in [0.25, 0.3) is 17.7 Å². The van der Waals surface area contributed by atoms with Crippen LogP contribution in [0.15, 0.2) is 63.6 Å². The maximum absolute atomic E-state index is 12.7. The summed E-state index contributed by atoms with van der Waals surface area (Å²) in [7, 11) is 1.60. The van der Waals surface area contributed by atoms with E-state index in [4.69, 9.17) is 18.8 Å². The molecule has 2 saturated heterocycles. The molecular formula is C37H31F4N9O9. The zero-order valence-electron chi connectivity index (χ0n) is 30.8. The molecule has 0 atom stereocenters. The lowest BCUT2D eigenvalue weighted by atomic mass is 10.1. The quantitative estimate of drug-likeness (QED) is 0.0456. The van der Waals surface area contributed by atoms with Gasteiger partial charge >= 0.3 is 19.2 Å². The number of hydrogen-bond donors (Lipinski definition) is 1. The monoisotopic (exact) mass is 821 g/mol. The summed E-state index contributed by atoms with van der Waals surface area (Å²) in [5, 5.41) is 26.4. The van der Waals surface area contributed by atoms with Crippen molar-refractivity contribution in [3.63, 3.8) is 0 Å². The van der Waals surface area contributed by atoms with E-state index in [1.165, 1.54) is 59.4 Å². The number of nitrogens with zero attached hydrogens (tertiary/aromatic N) is 8. The molecule has 0 spiro atoms. The Labute approximate surface area is 329 Å². The Morgan fingerprint density at radius 3 is 1.85 bits per heavy atom. The molecule has 0 bridgehead atoms. The van der Waals surface area contributed by atoms with E-state index in [2.05, 4.69) is 29.9 Å². The smallest absolute Gasteiger partial charge is 0.387 e. The molecule has 306 valence electrons. The third-order valence-electron chi connectivity index (χ3n) is 9.12. The molecule has 1 N–H and O–H groups in total. The number of carbonyl (C=O) groups is 2. The van der Waals surface area contributed by atoms with Crippen molar-refractivity contribution in [3.05, 3.63) is 81.5 Å². The van der Waals surface area contributed by atoms with Crippen LogP contribution < -0.4 is 29.3 Å².